The Bertz CT molecular complexity index is 1190. The van der Waals surface area contributed by atoms with E-state index in [1.807, 2.05) is 30.3 Å². The van der Waals surface area contributed by atoms with Crippen LogP contribution in [-0.2, 0) is 4.79 Å². The molecule has 0 unspecified atom stereocenters. The van der Waals surface area contributed by atoms with Crippen LogP contribution in [0.25, 0.3) is 17.4 Å². The largest absolute Gasteiger partial charge is 0.478 e. The molecule has 1 aromatic heterocycles. The Morgan fingerprint density at radius 2 is 1.84 bits per heavy atom. The van der Waals surface area contributed by atoms with Gasteiger partial charge in [-0.3, -0.25) is 9.69 Å². The Morgan fingerprint density at radius 3 is 2.52 bits per heavy atom. The molecule has 0 radical (unpaired) electrons. The molecule has 31 heavy (non-hydrogen) atoms. The van der Waals surface area contributed by atoms with Crippen LogP contribution < -0.4 is 0 Å². The maximum absolute atomic E-state index is 12.9. The summed E-state index contributed by atoms with van der Waals surface area (Å²) >= 11 is 1.28. The molecule has 1 fully saturated rings. The molecule has 1 N–H and O–H groups in total. The van der Waals surface area contributed by atoms with Crippen molar-refractivity contribution in [2.24, 2.45) is 4.99 Å². The molecule has 0 atom stereocenters. The van der Waals surface area contributed by atoms with E-state index in [9.17, 15) is 9.59 Å². The summed E-state index contributed by atoms with van der Waals surface area (Å²) in [5.41, 5.74) is 1.72. The SMILES string of the molecule is C=CCN1C(=O)/C(=C\c2ccc(-c3ccc(C(=O)O)cc3)o2)SC1=Nc1ccccc1. The minimum atomic E-state index is -0.981. The maximum atomic E-state index is 12.9. The van der Waals surface area contributed by atoms with Gasteiger partial charge in [-0.25, -0.2) is 9.79 Å². The fourth-order valence-corrected chi connectivity index (χ4v) is 3.97. The van der Waals surface area contributed by atoms with Gasteiger partial charge in [-0.15, -0.1) is 6.58 Å². The summed E-state index contributed by atoms with van der Waals surface area (Å²) < 4.78 is 5.86. The first-order valence-corrected chi connectivity index (χ1v) is 10.3. The van der Waals surface area contributed by atoms with Gasteiger partial charge in [0.05, 0.1) is 16.2 Å². The fourth-order valence-electron chi connectivity index (χ4n) is 2.99. The van der Waals surface area contributed by atoms with Crippen LogP contribution in [0.5, 0.6) is 0 Å². The van der Waals surface area contributed by atoms with Gasteiger partial charge in [-0.1, -0.05) is 36.4 Å². The number of carboxylic acid groups (broad SMARTS) is 1. The summed E-state index contributed by atoms with van der Waals surface area (Å²) in [4.78, 5) is 30.6. The molecule has 0 bridgehead atoms. The molecule has 0 saturated carbocycles. The molecule has 6 nitrogen and oxygen atoms in total. The second kappa shape index (κ2) is 8.89. The Balaban J connectivity index is 1.60. The lowest BCUT2D eigenvalue weighted by Gasteiger charge is -2.12. The lowest BCUT2D eigenvalue weighted by atomic mass is 10.1. The first-order chi connectivity index (χ1) is 15.0. The predicted octanol–water partition coefficient (Wildman–Crippen LogP) is 5.43. The molecule has 4 rings (SSSR count). The third-order valence-corrected chi connectivity index (χ3v) is 5.50. The van der Waals surface area contributed by atoms with E-state index in [4.69, 9.17) is 9.52 Å². The van der Waals surface area contributed by atoms with E-state index in [2.05, 4.69) is 11.6 Å². The summed E-state index contributed by atoms with van der Waals surface area (Å²) in [5.74, 6) is -0.0402. The summed E-state index contributed by atoms with van der Waals surface area (Å²) in [6, 6.07) is 19.4. The van der Waals surface area contributed by atoms with Gasteiger partial charge in [-0.05, 0) is 48.2 Å². The molecule has 0 aliphatic carbocycles. The van der Waals surface area contributed by atoms with Crippen molar-refractivity contribution in [1.29, 1.82) is 0 Å². The number of aliphatic imine (C=N–C) groups is 1. The Hall–Kier alpha value is -3.84. The molecular formula is C24H18N2O4S. The van der Waals surface area contributed by atoms with Gasteiger partial charge in [0.1, 0.15) is 11.5 Å². The molecule has 154 valence electrons. The monoisotopic (exact) mass is 430 g/mol. The van der Waals surface area contributed by atoms with Crippen LogP contribution in [0.2, 0.25) is 0 Å². The van der Waals surface area contributed by atoms with Crippen LogP contribution in [0.4, 0.5) is 5.69 Å². The highest BCUT2D eigenvalue weighted by Crippen LogP contribution is 2.35. The number of benzene rings is 2. The zero-order valence-corrected chi connectivity index (χ0v) is 17.2. The van der Waals surface area contributed by atoms with Crippen LogP contribution in [0.1, 0.15) is 16.1 Å². The number of para-hydroxylation sites is 1. The number of carboxylic acids is 1. The minimum Gasteiger partial charge on any atom is -0.478 e. The van der Waals surface area contributed by atoms with Crippen LogP contribution in [-0.4, -0.2) is 33.6 Å². The van der Waals surface area contributed by atoms with Gasteiger partial charge >= 0.3 is 5.97 Å². The normalized spacial score (nSPS) is 16.3. The third kappa shape index (κ3) is 4.51. The van der Waals surface area contributed by atoms with Gasteiger partial charge in [0, 0.05) is 18.2 Å². The zero-order valence-electron chi connectivity index (χ0n) is 16.4. The van der Waals surface area contributed by atoms with Crippen molar-refractivity contribution in [1.82, 2.24) is 4.90 Å². The summed E-state index contributed by atoms with van der Waals surface area (Å²) in [7, 11) is 0. The molecule has 1 aliphatic rings. The average Bonchev–Trinajstić information content (AvgIpc) is 3.35. The summed E-state index contributed by atoms with van der Waals surface area (Å²) in [6.07, 6.45) is 3.35. The van der Waals surface area contributed by atoms with Gasteiger partial charge in [-0.2, -0.15) is 0 Å². The van der Waals surface area contributed by atoms with Crippen LogP contribution in [0.15, 0.2) is 93.7 Å². The summed E-state index contributed by atoms with van der Waals surface area (Å²) in [5, 5.41) is 9.61. The number of rotatable bonds is 6. The molecule has 0 spiro atoms. The number of aromatic carboxylic acids is 1. The Labute approximate surface area is 183 Å². The predicted molar refractivity (Wildman–Crippen MR) is 122 cm³/mol. The number of hydrogen-bond acceptors (Lipinski definition) is 5. The molecule has 2 aromatic carbocycles. The first-order valence-electron chi connectivity index (χ1n) is 9.45. The third-order valence-electron chi connectivity index (χ3n) is 4.50. The summed E-state index contributed by atoms with van der Waals surface area (Å²) in [6.45, 7) is 4.09. The minimum absolute atomic E-state index is 0.164. The van der Waals surface area contributed by atoms with Crippen molar-refractivity contribution < 1.29 is 19.1 Å². The van der Waals surface area contributed by atoms with Crippen molar-refractivity contribution in [2.75, 3.05) is 6.54 Å². The quantitative estimate of drug-likeness (QED) is 0.416. The Morgan fingerprint density at radius 1 is 1.10 bits per heavy atom. The van der Waals surface area contributed by atoms with Gasteiger partial charge in [0.25, 0.3) is 5.91 Å². The lowest BCUT2D eigenvalue weighted by molar-refractivity contribution is -0.121. The molecule has 2 heterocycles. The van der Waals surface area contributed by atoms with E-state index in [0.29, 0.717) is 28.1 Å². The topological polar surface area (TPSA) is 83.1 Å². The highest BCUT2D eigenvalue weighted by atomic mass is 32.2. The maximum Gasteiger partial charge on any atom is 0.335 e. The number of nitrogens with zero attached hydrogens (tertiary/aromatic N) is 2. The fraction of sp³-hybridized carbons (Fsp3) is 0.0417. The highest BCUT2D eigenvalue weighted by molar-refractivity contribution is 8.18. The zero-order chi connectivity index (χ0) is 21.8. The van der Waals surface area contributed by atoms with Crippen LogP contribution >= 0.6 is 11.8 Å². The number of carbonyl (C=O) groups excluding carboxylic acids is 1. The van der Waals surface area contributed by atoms with E-state index in [1.54, 1.807) is 41.3 Å². The average molecular weight is 430 g/mol. The first kappa shape index (κ1) is 20.4. The molecule has 1 saturated heterocycles. The van der Waals surface area contributed by atoms with E-state index in [-0.39, 0.29) is 11.5 Å². The molecule has 7 heteroatoms. The second-order valence-electron chi connectivity index (χ2n) is 6.63. The number of amides is 1. The number of furan rings is 1. The van der Waals surface area contributed by atoms with Gasteiger partial charge in [0.15, 0.2) is 5.17 Å². The Kier molecular flexibility index (Phi) is 5.86. The molecule has 3 aromatic rings. The van der Waals surface area contributed by atoms with Crippen molar-refractivity contribution in [3.63, 3.8) is 0 Å². The highest BCUT2D eigenvalue weighted by Gasteiger charge is 2.32. The van der Waals surface area contributed by atoms with E-state index < -0.39 is 5.97 Å². The van der Waals surface area contributed by atoms with Crippen molar-refractivity contribution >= 4 is 40.6 Å². The standard InChI is InChI=1S/C24H18N2O4S/c1-2-14-26-22(27)21(31-24(26)25-18-6-4-3-5-7-18)15-19-12-13-20(30-19)16-8-10-17(11-9-16)23(28)29/h2-13,15H,1,14H2,(H,28,29)/b21-15+,25-24?. The van der Waals surface area contributed by atoms with E-state index >= 15 is 0 Å². The van der Waals surface area contributed by atoms with E-state index in [0.717, 1.165) is 11.3 Å². The number of thioether (sulfide) groups is 1. The smallest absolute Gasteiger partial charge is 0.335 e. The number of carbonyl (C=O) groups is 2. The molecular weight excluding hydrogens is 412 g/mol. The molecule has 1 amide bonds. The number of amidine groups is 1. The van der Waals surface area contributed by atoms with Gasteiger partial charge in [0.2, 0.25) is 0 Å². The van der Waals surface area contributed by atoms with Crippen molar-refractivity contribution in [2.45, 2.75) is 0 Å². The van der Waals surface area contributed by atoms with Crippen LogP contribution in [0, 0.1) is 0 Å². The van der Waals surface area contributed by atoms with Crippen LogP contribution in [0.3, 0.4) is 0 Å². The van der Waals surface area contributed by atoms with Crippen molar-refractivity contribution in [3.8, 4) is 11.3 Å². The lowest BCUT2D eigenvalue weighted by Crippen LogP contribution is -2.29. The van der Waals surface area contributed by atoms with E-state index in [1.165, 1.54) is 23.9 Å². The van der Waals surface area contributed by atoms with Gasteiger partial charge < -0.3 is 9.52 Å². The molecule has 1 aliphatic heterocycles. The van der Waals surface area contributed by atoms with Crippen molar-refractivity contribution in [3.05, 3.63) is 95.6 Å². The second-order valence-corrected chi connectivity index (χ2v) is 7.64. The number of hydrogen-bond donors (Lipinski definition) is 1.